The van der Waals surface area contributed by atoms with E-state index in [1.54, 1.807) is 13.8 Å². The lowest BCUT2D eigenvalue weighted by molar-refractivity contribution is 0.218. The SMILES string of the molecule is C#CCOc1ccc(F)cc1NC(=O)NC(C)(C)CCO. The first-order valence-corrected chi connectivity index (χ1v) is 6.44. The first-order chi connectivity index (χ1) is 9.88. The average Bonchev–Trinajstić information content (AvgIpc) is 2.36. The lowest BCUT2D eigenvalue weighted by atomic mass is 10.0. The first kappa shape index (κ1) is 16.8. The molecule has 1 rings (SSSR count). The summed E-state index contributed by atoms with van der Waals surface area (Å²) >= 11 is 0. The summed E-state index contributed by atoms with van der Waals surface area (Å²) in [6.45, 7) is 3.50. The predicted molar refractivity (Wildman–Crippen MR) is 78.7 cm³/mol. The number of terminal acetylenes is 1. The van der Waals surface area contributed by atoms with E-state index in [0.29, 0.717) is 6.42 Å². The molecule has 2 amide bonds. The van der Waals surface area contributed by atoms with E-state index in [9.17, 15) is 9.18 Å². The molecule has 0 aliphatic heterocycles. The third-order valence-electron chi connectivity index (χ3n) is 2.69. The Balaban J connectivity index is 2.79. The molecule has 1 aromatic rings. The molecule has 5 nitrogen and oxygen atoms in total. The summed E-state index contributed by atoms with van der Waals surface area (Å²) in [6.07, 6.45) is 5.49. The molecule has 0 fully saturated rings. The van der Waals surface area contributed by atoms with Crippen LogP contribution >= 0.6 is 0 Å². The molecule has 0 aromatic heterocycles. The quantitative estimate of drug-likeness (QED) is 0.704. The fourth-order valence-corrected chi connectivity index (χ4v) is 1.65. The Bertz CT molecular complexity index is 538. The number of halogens is 1. The summed E-state index contributed by atoms with van der Waals surface area (Å²) in [4.78, 5) is 11.9. The van der Waals surface area contributed by atoms with Crippen molar-refractivity contribution in [2.45, 2.75) is 25.8 Å². The van der Waals surface area contributed by atoms with Crippen LogP contribution in [0.1, 0.15) is 20.3 Å². The van der Waals surface area contributed by atoms with E-state index in [1.165, 1.54) is 12.1 Å². The number of nitrogens with one attached hydrogen (secondary N) is 2. The highest BCUT2D eigenvalue weighted by atomic mass is 19.1. The van der Waals surface area contributed by atoms with Crippen LogP contribution in [0.2, 0.25) is 0 Å². The van der Waals surface area contributed by atoms with Gasteiger partial charge in [0.2, 0.25) is 0 Å². The minimum Gasteiger partial charge on any atom is -0.479 e. The van der Waals surface area contributed by atoms with Gasteiger partial charge in [0, 0.05) is 18.2 Å². The highest BCUT2D eigenvalue weighted by molar-refractivity contribution is 5.91. The summed E-state index contributed by atoms with van der Waals surface area (Å²) in [6, 6.07) is 3.22. The van der Waals surface area contributed by atoms with Crippen molar-refractivity contribution < 1.29 is 19.0 Å². The molecule has 0 saturated carbocycles. The monoisotopic (exact) mass is 294 g/mol. The number of carbonyl (C=O) groups is 1. The fourth-order valence-electron chi connectivity index (χ4n) is 1.65. The second-order valence-electron chi connectivity index (χ2n) is 5.07. The molecular weight excluding hydrogens is 275 g/mol. The summed E-state index contributed by atoms with van der Waals surface area (Å²) in [7, 11) is 0. The van der Waals surface area contributed by atoms with Crippen molar-refractivity contribution in [1.29, 1.82) is 0 Å². The Morgan fingerprint density at radius 3 is 2.86 bits per heavy atom. The maximum atomic E-state index is 13.3. The van der Waals surface area contributed by atoms with Crippen LogP contribution in [0.4, 0.5) is 14.9 Å². The zero-order valence-electron chi connectivity index (χ0n) is 12.1. The summed E-state index contributed by atoms with van der Waals surface area (Å²) in [5, 5.41) is 14.1. The van der Waals surface area contributed by atoms with E-state index in [1.807, 2.05) is 0 Å². The van der Waals surface area contributed by atoms with E-state index < -0.39 is 17.4 Å². The van der Waals surface area contributed by atoms with E-state index in [4.69, 9.17) is 16.3 Å². The van der Waals surface area contributed by atoms with Gasteiger partial charge in [0.05, 0.1) is 5.69 Å². The van der Waals surface area contributed by atoms with Crippen LogP contribution in [0.15, 0.2) is 18.2 Å². The van der Waals surface area contributed by atoms with E-state index in [2.05, 4.69) is 16.6 Å². The number of urea groups is 1. The van der Waals surface area contributed by atoms with Crippen molar-refractivity contribution in [3.8, 4) is 18.1 Å². The van der Waals surface area contributed by atoms with E-state index in [0.717, 1.165) is 6.07 Å². The zero-order chi connectivity index (χ0) is 15.9. The molecule has 1 aromatic carbocycles. The molecule has 0 unspecified atom stereocenters. The van der Waals surface area contributed by atoms with Crippen molar-refractivity contribution in [2.75, 3.05) is 18.5 Å². The zero-order valence-corrected chi connectivity index (χ0v) is 12.1. The molecule has 0 atom stereocenters. The summed E-state index contributed by atoms with van der Waals surface area (Å²) < 4.78 is 18.5. The maximum absolute atomic E-state index is 13.3. The molecule has 21 heavy (non-hydrogen) atoms. The highest BCUT2D eigenvalue weighted by Crippen LogP contribution is 2.25. The average molecular weight is 294 g/mol. The molecular formula is C15H19FN2O3. The number of amides is 2. The Hall–Kier alpha value is -2.26. The van der Waals surface area contributed by atoms with Crippen LogP contribution in [0.5, 0.6) is 5.75 Å². The number of ether oxygens (including phenoxy) is 1. The van der Waals surface area contributed by atoms with Gasteiger partial charge in [0.1, 0.15) is 18.2 Å². The van der Waals surface area contributed by atoms with Crippen molar-refractivity contribution >= 4 is 11.7 Å². The molecule has 0 saturated heterocycles. The topological polar surface area (TPSA) is 70.6 Å². The highest BCUT2D eigenvalue weighted by Gasteiger charge is 2.20. The van der Waals surface area contributed by atoms with Gasteiger partial charge in [-0.05, 0) is 32.4 Å². The molecule has 6 heteroatoms. The first-order valence-electron chi connectivity index (χ1n) is 6.44. The van der Waals surface area contributed by atoms with Crippen molar-refractivity contribution in [2.24, 2.45) is 0 Å². The predicted octanol–water partition coefficient (Wildman–Crippen LogP) is 2.12. The van der Waals surface area contributed by atoms with Crippen molar-refractivity contribution in [3.63, 3.8) is 0 Å². The summed E-state index contributed by atoms with van der Waals surface area (Å²) in [5.74, 6) is 2.07. The smallest absolute Gasteiger partial charge is 0.319 e. The lowest BCUT2D eigenvalue weighted by Gasteiger charge is -2.25. The Kier molecular flexibility index (Phi) is 6.00. The number of carbonyl (C=O) groups excluding carboxylic acids is 1. The third kappa shape index (κ3) is 5.71. The van der Waals surface area contributed by atoms with Crippen LogP contribution in [-0.2, 0) is 0 Å². The fraction of sp³-hybridized carbons (Fsp3) is 0.400. The molecule has 3 N–H and O–H groups in total. The lowest BCUT2D eigenvalue weighted by Crippen LogP contribution is -2.46. The van der Waals surface area contributed by atoms with Gasteiger partial charge in [0.15, 0.2) is 0 Å². The number of hydrogen-bond donors (Lipinski definition) is 3. The number of benzene rings is 1. The Morgan fingerprint density at radius 1 is 1.52 bits per heavy atom. The van der Waals surface area contributed by atoms with Crippen LogP contribution in [-0.4, -0.2) is 29.9 Å². The number of aliphatic hydroxyl groups excluding tert-OH is 1. The Labute approximate surface area is 123 Å². The van der Waals surface area contributed by atoms with E-state index in [-0.39, 0.29) is 24.7 Å². The maximum Gasteiger partial charge on any atom is 0.319 e. The molecule has 0 radical (unpaired) electrons. The minimum absolute atomic E-state index is 0.0118. The van der Waals surface area contributed by atoms with Gasteiger partial charge in [-0.25, -0.2) is 9.18 Å². The molecule has 0 bridgehead atoms. The second kappa shape index (κ2) is 7.50. The standard InChI is InChI=1S/C15H19FN2O3/c1-4-9-21-13-6-5-11(16)10-12(13)17-14(20)18-15(2,3)7-8-19/h1,5-6,10,19H,7-9H2,2-3H3,(H2,17,18,20). The van der Waals surface area contributed by atoms with Gasteiger partial charge in [-0.2, -0.15) is 0 Å². The molecule has 0 aliphatic rings. The minimum atomic E-state index is -0.591. The summed E-state index contributed by atoms with van der Waals surface area (Å²) in [5.41, 5.74) is -0.408. The largest absolute Gasteiger partial charge is 0.479 e. The van der Waals surface area contributed by atoms with Gasteiger partial charge >= 0.3 is 6.03 Å². The van der Waals surface area contributed by atoms with E-state index >= 15 is 0 Å². The van der Waals surface area contributed by atoms with Gasteiger partial charge in [-0.3, -0.25) is 0 Å². The number of rotatable bonds is 6. The number of aliphatic hydroxyl groups is 1. The van der Waals surface area contributed by atoms with Crippen LogP contribution in [0.3, 0.4) is 0 Å². The molecule has 0 heterocycles. The van der Waals surface area contributed by atoms with Gasteiger partial charge in [-0.1, -0.05) is 5.92 Å². The van der Waals surface area contributed by atoms with Gasteiger partial charge in [-0.15, -0.1) is 6.42 Å². The third-order valence-corrected chi connectivity index (χ3v) is 2.69. The number of hydrogen-bond acceptors (Lipinski definition) is 3. The van der Waals surface area contributed by atoms with Crippen LogP contribution in [0.25, 0.3) is 0 Å². The molecule has 0 aliphatic carbocycles. The molecule has 114 valence electrons. The van der Waals surface area contributed by atoms with Crippen LogP contribution in [0, 0.1) is 18.2 Å². The van der Waals surface area contributed by atoms with Crippen LogP contribution < -0.4 is 15.4 Å². The normalized spacial score (nSPS) is 10.6. The molecule has 0 spiro atoms. The Morgan fingerprint density at radius 2 is 2.24 bits per heavy atom. The van der Waals surface area contributed by atoms with Crippen molar-refractivity contribution in [1.82, 2.24) is 5.32 Å². The van der Waals surface area contributed by atoms with Gasteiger partial charge in [0.25, 0.3) is 0 Å². The van der Waals surface area contributed by atoms with Gasteiger partial charge < -0.3 is 20.5 Å². The van der Waals surface area contributed by atoms with Crippen molar-refractivity contribution in [3.05, 3.63) is 24.0 Å². The second-order valence-corrected chi connectivity index (χ2v) is 5.07. The number of anilines is 1.